The molecule has 2 heteroatoms. The first-order chi connectivity index (χ1) is 15.7. The maximum absolute atomic E-state index is 9.26. The summed E-state index contributed by atoms with van der Waals surface area (Å²) < 4.78 is 0. The molecule has 0 fully saturated rings. The molecule has 2 nitrogen and oxygen atoms in total. The number of hydrogen-bond donors (Lipinski definition) is 2. The monoisotopic (exact) mass is 430 g/mol. The Hall–Kier alpha value is -2.42. The molecule has 3 aromatic rings. The van der Waals surface area contributed by atoms with E-state index in [1.54, 1.807) is 0 Å². The summed E-state index contributed by atoms with van der Waals surface area (Å²) in [5.74, 6) is -0.0284. The highest BCUT2D eigenvalue weighted by atomic mass is 16.3. The van der Waals surface area contributed by atoms with Crippen LogP contribution in [0.15, 0.2) is 66.7 Å². The first kappa shape index (κ1) is 24.2. The lowest BCUT2D eigenvalue weighted by atomic mass is 9.92. The number of aliphatic hydroxyl groups excluding tert-OH is 2. The van der Waals surface area contributed by atoms with Crippen LogP contribution in [-0.4, -0.2) is 23.4 Å². The van der Waals surface area contributed by atoms with E-state index in [0.717, 1.165) is 19.3 Å². The highest BCUT2D eigenvalue weighted by Gasteiger charge is 2.09. The highest BCUT2D eigenvalue weighted by molar-refractivity contribution is 5.74. The summed E-state index contributed by atoms with van der Waals surface area (Å²) in [6, 6.07) is 24.6. The van der Waals surface area contributed by atoms with Gasteiger partial charge in [-0.3, -0.25) is 0 Å². The van der Waals surface area contributed by atoms with Crippen LogP contribution in [0.3, 0.4) is 0 Å². The smallest absolute Gasteiger partial charge is 0.0481 e. The second-order valence-electron chi connectivity index (χ2n) is 8.85. The van der Waals surface area contributed by atoms with E-state index < -0.39 is 0 Å². The summed E-state index contributed by atoms with van der Waals surface area (Å²) in [7, 11) is 0. The molecule has 0 heterocycles. The van der Waals surface area contributed by atoms with Gasteiger partial charge in [0, 0.05) is 19.1 Å². The molecule has 0 atom stereocenters. The molecule has 0 aliphatic rings. The van der Waals surface area contributed by atoms with Crippen LogP contribution >= 0.6 is 0 Å². The zero-order valence-corrected chi connectivity index (χ0v) is 19.7. The Morgan fingerprint density at radius 3 is 1.84 bits per heavy atom. The zero-order chi connectivity index (χ0) is 22.8. The molecule has 0 aliphatic heterocycles. The third-order valence-corrected chi connectivity index (χ3v) is 6.47. The van der Waals surface area contributed by atoms with Crippen LogP contribution in [-0.2, 0) is 19.3 Å². The Bertz CT molecular complexity index is 938. The summed E-state index contributed by atoms with van der Waals surface area (Å²) in [5, 5.41) is 18.5. The number of aryl methyl sites for hydroxylation is 3. The molecule has 0 aromatic heterocycles. The van der Waals surface area contributed by atoms with Crippen molar-refractivity contribution >= 4 is 0 Å². The van der Waals surface area contributed by atoms with Gasteiger partial charge < -0.3 is 10.2 Å². The van der Waals surface area contributed by atoms with Crippen LogP contribution in [0.4, 0.5) is 0 Å². The molecule has 0 saturated carbocycles. The van der Waals surface area contributed by atoms with Crippen LogP contribution in [0.5, 0.6) is 0 Å². The molecule has 0 unspecified atom stereocenters. The van der Waals surface area contributed by atoms with Gasteiger partial charge in [-0.1, -0.05) is 93.4 Å². The van der Waals surface area contributed by atoms with E-state index in [-0.39, 0.29) is 19.1 Å². The Morgan fingerprint density at radius 1 is 0.656 bits per heavy atom. The topological polar surface area (TPSA) is 40.5 Å². The Balaban J connectivity index is 1.72. The van der Waals surface area contributed by atoms with Crippen molar-refractivity contribution in [3.8, 4) is 22.3 Å². The molecule has 0 spiro atoms. The fraction of sp³-hybridized carbons (Fsp3) is 0.400. The maximum Gasteiger partial charge on any atom is 0.0481 e. The van der Waals surface area contributed by atoms with Gasteiger partial charge >= 0.3 is 0 Å². The van der Waals surface area contributed by atoms with Gasteiger partial charge in [0.2, 0.25) is 0 Å². The first-order valence-corrected chi connectivity index (χ1v) is 12.2. The number of hydrogen-bond acceptors (Lipinski definition) is 2. The fourth-order valence-electron chi connectivity index (χ4n) is 4.25. The van der Waals surface area contributed by atoms with E-state index in [9.17, 15) is 10.2 Å². The largest absolute Gasteiger partial charge is 0.396 e. The average Bonchev–Trinajstić information content (AvgIpc) is 2.85. The van der Waals surface area contributed by atoms with Gasteiger partial charge in [-0.2, -0.15) is 0 Å². The zero-order valence-electron chi connectivity index (χ0n) is 19.7. The summed E-state index contributed by atoms with van der Waals surface area (Å²) in [4.78, 5) is 0. The standard InChI is InChI=1S/C30H38O2/c1-3-5-6-7-23-10-14-27(15-11-23)29-18-19-30(26(4-2)20-29)28-16-12-24(13-17-28)8-9-25(21-31)22-32/h10-20,25,31-32H,3-9,21-22H2,1-2H3. The van der Waals surface area contributed by atoms with Gasteiger partial charge in [-0.15, -0.1) is 0 Å². The molecule has 3 aromatic carbocycles. The minimum absolute atomic E-state index is 0.0284. The maximum atomic E-state index is 9.26. The van der Waals surface area contributed by atoms with Crippen molar-refractivity contribution in [2.45, 2.75) is 58.8 Å². The van der Waals surface area contributed by atoms with Gasteiger partial charge in [0.15, 0.2) is 0 Å². The SMILES string of the molecule is CCCCCc1ccc(-c2ccc(-c3ccc(CCC(CO)CO)cc3)c(CC)c2)cc1. The van der Waals surface area contributed by atoms with Gasteiger partial charge in [0.25, 0.3) is 0 Å². The predicted molar refractivity (Wildman–Crippen MR) is 136 cm³/mol. The summed E-state index contributed by atoms with van der Waals surface area (Å²) >= 11 is 0. The second kappa shape index (κ2) is 12.6. The Labute approximate surface area is 194 Å². The first-order valence-electron chi connectivity index (χ1n) is 12.2. The number of rotatable bonds is 12. The second-order valence-corrected chi connectivity index (χ2v) is 8.85. The number of unbranched alkanes of at least 4 members (excludes halogenated alkanes) is 2. The van der Waals surface area contributed by atoms with Crippen LogP contribution in [0.1, 0.15) is 56.2 Å². The number of benzene rings is 3. The van der Waals surface area contributed by atoms with E-state index in [1.807, 2.05) is 0 Å². The van der Waals surface area contributed by atoms with Crippen molar-refractivity contribution in [3.63, 3.8) is 0 Å². The normalized spacial score (nSPS) is 11.3. The van der Waals surface area contributed by atoms with Crippen LogP contribution in [0.25, 0.3) is 22.3 Å². The molecule has 0 saturated heterocycles. The molecular weight excluding hydrogens is 392 g/mol. The van der Waals surface area contributed by atoms with Gasteiger partial charge in [0.1, 0.15) is 0 Å². The van der Waals surface area contributed by atoms with E-state index in [0.29, 0.717) is 0 Å². The van der Waals surface area contributed by atoms with Crippen molar-refractivity contribution in [3.05, 3.63) is 83.4 Å². The lowest BCUT2D eigenvalue weighted by Gasteiger charge is -2.13. The highest BCUT2D eigenvalue weighted by Crippen LogP contribution is 2.30. The number of aliphatic hydroxyl groups is 2. The molecular formula is C30H38O2. The van der Waals surface area contributed by atoms with E-state index in [2.05, 4.69) is 80.6 Å². The van der Waals surface area contributed by atoms with Crippen LogP contribution in [0, 0.1) is 5.92 Å². The quantitative estimate of drug-likeness (QED) is 0.309. The molecule has 170 valence electrons. The summed E-state index contributed by atoms with van der Waals surface area (Å²) in [6.45, 7) is 4.56. The van der Waals surface area contributed by atoms with E-state index >= 15 is 0 Å². The Morgan fingerprint density at radius 2 is 1.25 bits per heavy atom. The van der Waals surface area contributed by atoms with Crippen molar-refractivity contribution in [2.75, 3.05) is 13.2 Å². The molecule has 0 bridgehead atoms. The molecule has 0 amide bonds. The summed E-state index contributed by atoms with van der Waals surface area (Å²) in [5.41, 5.74) is 9.13. The molecule has 0 aliphatic carbocycles. The summed E-state index contributed by atoms with van der Waals surface area (Å²) in [6.07, 6.45) is 7.68. The van der Waals surface area contributed by atoms with E-state index in [1.165, 1.54) is 64.6 Å². The van der Waals surface area contributed by atoms with Crippen LogP contribution in [0.2, 0.25) is 0 Å². The van der Waals surface area contributed by atoms with Crippen LogP contribution < -0.4 is 0 Å². The fourth-order valence-corrected chi connectivity index (χ4v) is 4.25. The molecule has 0 radical (unpaired) electrons. The average molecular weight is 431 g/mol. The molecule has 3 rings (SSSR count). The minimum Gasteiger partial charge on any atom is -0.396 e. The molecule has 2 N–H and O–H groups in total. The van der Waals surface area contributed by atoms with Crippen molar-refractivity contribution in [1.82, 2.24) is 0 Å². The molecule has 32 heavy (non-hydrogen) atoms. The van der Waals surface area contributed by atoms with Crippen molar-refractivity contribution in [1.29, 1.82) is 0 Å². The Kier molecular flexibility index (Phi) is 9.52. The van der Waals surface area contributed by atoms with Gasteiger partial charge in [-0.25, -0.2) is 0 Å². The van der Waals surface area contributed by atoms with E-state index in [4.69, 9.17) is 0 Å². The minimum atomic E-state index is -0.0284. The third-order valence-electron chi connectivity index (χ3n) is 6.47. The van der Waals surface area contributed by atoms with Gasteiger partial charge in [0.05, 0.1) is 0 Å². The lowest BCUT2D eigenvalue weighted by Crippen LogP contribution is -2.11. The van der Waals surface area contributed by atoms with Crippen molar-refractivity contribution < 1.29 is 10.2 Å². The third kappa shape index (κ3) is 6.54. The van der Waals surface area contributed by atoms with Crippen molar-refractivity contribution in [2.24, 2.45) is 5.92 Å². The lowest BCUT2D eigenvalue weighted by molar-refractivity contribution is 0.144. The predicted octanol–water partition coefficient (Wildman–Crippen LogP) is 6.85. The van der Waals surface area contributed by atoms with Gasteiger partial charge in [-0.05, 0) is 71.0 Å².